The molecule has 2 nitrogen and oxygen atoms in total. The zero-order chi connectivity index (χ0) is 13.0. The van der Waals surface area contributed by atoms with Crippen molar-refractivity contribution in [2.24, 2.45) is 0 Å². The van der Waals surface area contributed by atoms with Crippen LogP contribution in [0.1, 0.15) is 42.4 Å². The van der Waals surface area contributed by atoms with E-state index in [0.717, 1.165) is 11.3 Å². The van der Waals surface area contributed by atoms with Gasteiger partial charge in [0.05, 0.1) is 21.4 Å². The number of halogens is 2. The lowest BCUT2D eigenvalue weighted by Crippen LogP contribution is -2.03. The zero-order valence-corrected chi connectivity index (χ0v) is 11.7. The highest BCUT2D eigenvalue weighted by molar-refractivity contribution is 6.43. The van der Waals surface area contributed by atoms with E-state index in [1.54, 1.807) is 6.07 Å². The Balaban J connectivity index is 1.85. The molecular weight excluding hydrogens is 279 g/mol. The molecule has 1 aromatic heterocycles. The minimum atomic E-state index is 0.557. The van der Waals surface area contributed by atoms with Crippen molar-refractivity contribution in [3.63, 3.8) is 0 Å². The fourth-order valence-corrected chi connectivity index (χ4v) is 3.80. The molecular formula is C15H12Cl2N2. The molecule has 2 aromatic rings. The predicted molar refractivity (Wildman–Crippen MR) is 76.8 cm³/mol. The Morgan fingerprint density at radius 1 is 1.05 bits per heavy atom. The molecule has 1 fully saturated rings. The average molecular weight is 291 g/mol. The SMILES string of the molecule is Clc1cccc(-c2cc3c(nn2)C2CCC3C2)c1Cl. The van der Waals surface area contributed by atoms with E-state index >= 15 is 0 Å². The molecule has 4 heteroatoms. The zero-order valence-electron chi connectivity index (χ0n) is 10.2. The van der Waals surface area contributed by atoms with Gasteiger partial charge < -0.3 is 0 Å². The molecule has 96 valence electrons. The van der Waals surface area contributed by atoms with Crippen molar-refractivity contribution < 1.29 is 0 Å². The minimum Gasteiger partial charge on any atom is -0.154 e. The lowest BCUT2D eigenvalue weighted by Gasteiger charge is -2.14. The molecule has 0 radical (unpaired) electrons. The summed E-state index contributed by atoms with van der Waals surface area (Å²) < 4.78 is 0. The molecule has 0 aliphatic heterocycles. The van der Waals surface area contributed by atoms with Gasteiger partial charge in [0.15, 0.2) is 0 Å². The van der Waals surface area contributed by atoms with Gasteiger partial charge in [-0.25, -0.2) is 0 Å². The van der Waals surface area contributed by atoms with Crippen LogP contribution in [0.25, 0.3) is 11.3 Å². The first-order valence-corrected chi connectivity index (χ1v) is 7.31. The number of hydrogen-bond donors (Lipinski definition) is 0. The summed E-state index contributed by atoms with van der Waals surface area (Å²) in [6.45, 7) is 0. The summed E-state index contributed by atoms with van der Waals surface area (Å²) in [4.78, 5) is 0. The Labute approximate surface area is 121 Å². The summed E-state index contributed by atoms with van der Waals surface area (Å²) in [5.74, 6) is 1.31. The van der Waals surface area contributed by atoms with E-state index in [4.69, 9.17) is 23.2 Å². The molecule has 4 rings (SSSR count). The maximum atomic E-state index is 6.26. The largest absolute Gasteiger partial charge is 0.154 e. The molecule has 0 N–H and O–H groups in total. The van der Waals surface area contributed by atoms with Gasteiger partial charge in [-0.3, -0.25) is 0 Å². The molecule has 2 aliphatic carbocycles. The lowest BCUT2D eigenvalue weighted by atomic mass is 9.95. The highest BCUT2D eigenvalue weighted by Crippen LogP contribution is 2.52. The first-order chi connectivity index (χ1) is 9.24. The molecule has 0 amide bonds. The average Bonchev–Trinajstić information content (AvgIpc) is 3.03. The van der Waals surface area contributed by atoms with Gasteiger partial charge in [-0.05, 0) is 42.9 Å². The third-order valence-corrected chi connectivity index (χ3v) is 5.16. The smallest absolute Gasteiger partial charge is 0.0948 e. The van der Waals surface area contributed by atoms with Crippen LogP contribution in [0, 0.1) is 0 Å². The van der Waals surface area contributed by atoms with Crippen molar-refractivity contribution in [2.75, 3.05) is 0 Å². The first kappa shape index (κ1) is 11.7. The third kappa shape index (κ3) is 1.70. The Bertz CT molecular complexity index is 669. The summed E-state index contributed by atoms with van der Waals surface area (Å²) >= 11 is 12.3. The van der Waals surface area contributed by atoms with Gasteiger partial charge in [0.2, 0.25) is 0 Å². The van der Waals surface area contributed by atoms with Gasteiger partial charge in [0, 0.05) is 11.5 Å². The second-order valence-electron chi connectivity index (χ2n) is 5.38. The van der Waals surface area contributed by atoms with E-state index in [0.29, 0.717) is 21.9 Å². The highest BCUT2D eigenvalue weighted by Gasteiger charge is 2.38. The number of rotatable bonds is 1. The molecule has 1 heterocycles. The van der Waals surface area contributed by atoms with E-state index in [1.165, 1.54) is 30.5 Å². The van der Waals surface area contributed by atoms with Gasteiger partial charge in [-0.15, -0.1) is 0 Å². The van der Waals surface area contributed by atoms with Crippen LogP contribution in [0.2, 0.25) is 10.0 Å². The molecule has 1 aromatic carbocycles. The normalized spacial score (nSPS) is 23.7. The van der Waals surface area contributed by atoms with Crippen molar-refractivity contribution in [1.82, 2.24) is 10.2 Å². The first-order valence-electron chi connectivity index (χ1n) is 6.56. The van der Waals surface area contributed by atoms with Crippen LogP contribution >= 0.6 is 23.2 Å². The maximum Gasteiger partial charge on any atom is 0.0948 e. The van der Waals surface area contributed by atoms with Crippen molar-refractivity contribution >= 4 is 23.2 Å². The van der Waals surface area contributed by atoms with E-state index in [1.807, 2.05) is 12.1 Å². The van der Waals surface area contributed by atoms with Crippen LogP contribution in [-0.4, -0.2) is 10.2 Å². The molecule has 2 bridgehead atoms. The van der Waals surface area contributed by atoms with Gasteiger partial charge in [0.25, 0.3) is 0 Å². The van der Waals surface area contributed by atoms with Gasteiger partial charge in [-0.2, -0.15) is 10.2 Å². The Kier molecular flexibility index (Phi) is 2.58. The molecule has 1 saturated carbocycles. The van der Waals surface area contributed by atoms with Crippen LogP contribution in [0.15, 0.2) is 24.3 Å². The summed E-state index contributed by atoms with van der Waals surface area (Å²) in [7, 11) is 0. The van der Waals surface area contributed by atoms with Crippen molar-refractivity contribution in [2.45, 2.75) is 31.1 Å². The van der Waals surface area contributed by atoms with Crippen LogP contribution in [0.3, 0.4) is 0 Å². The minimum absolute atomic E-state index is 0.557. The van der Waals surface area contributed by atoms with E-state index in [-0.39, 0.29) is 0 Å². The lowest BCUT2D eigenvalue weighted by molar-refractivity contribution is 0.681. The van der Waals surface area contributed by atoms with Crippen molar-refractivity contribution in [3.8, 4) is 11.3 Å². The quantitative estimate of drug-likeness (QED) is 0.753. The molecule has 2 unspecified atom stereocenters. The van der Waals surface area contributed by atoms with Gasteiger partial charge in [0.1, 0.15) is 0 Å². The molecule has 19 heavy (non-hydrogen) atoms. The van der Waals surface area contributed by atoms with E-state index in [2.05, 4.69) is 16.3 Å². The molecule has 0 spiro atoms. The summed E-state index contributed by atoms with van der Waals surface area (Å²) in [5.41, 5.74) is 4.28. The fraction of sp³-hybridized carbons (Fsp3) is 0.333. The number of aromatic nitrogens is 2. The van der Waals surface area contributed by atoms with Gasteiger partial charge in [-0.1, -0.05) is 35.3 Å². The van der Waals surface area contributed by atoms with Gasteiger partial charge >= 0.3 is 0 Å². The van der Waals surface area contributed by atoms with Crippen LogP contribution in [0.5, 0.6) is 0 Å². The highest BCUT2D eigenvalue weighted by atomic mass is 35.5. The Morgan fingerprint density at radius 3 is 2.79 bits per heavy atom. The second-order valence-corrected chi connectivity index (χ2v) is 6.16. The topological polar surface area (TPSA) is 25.8 Å². The van der Waals surface area contributed by atoms with Crippen LogP contribution in [-0.2, 0) is 0 Å². The van der Waals surface area contributed by atoms with E-state index in [9.17, 15) is 0 Å². The standard InChI is InChI=1S/C15H12Cl2N2/c16-12-3-1-2-10(14(12)17)13-7-11-8-4-5-9(6-8)15(11)19-18-13/h1-3,7-9H,4-6H2. The number of fused-ring (bicyclic) bond motifs is 5. The maximum absolute atomic E-state index is 6.26. The number of benzene rings is 1. The Hall–Kier alpha value is -1.12. The predicted octanol–water partition coefficient (Wildman–Crippen LogP) is 4.82. The van der Waals surface area contributed by atoms with Crippen molar-refractivity contribution in [3.05, 3.63) is 45.6 Å². The number of nitrogens with zero attached hydrogens (tertiary/aromatic N) is 2. The second kappa shape index (κ2) is 4.19. The third-order valence-electron chi connectivity index (χ3n) is 4.34. The summed E-state index contributed by atoms with van der Waals surface area (Å²) in [6.07, 6.45) is 3.80. The molecule has 2 aliphatic rings. The summed E-state index contributed by atoms with van der Waals surface area (Å²) in [6, 6.07) is 7.78. The molecule has 0 saturated heterocycles. The Morgan fingerprint density at radius 2 is 1.89 bits per heavy atom. The summed E-state index contributed by atoms with van der Waals surface area (Å²) in [5, 5.41) is 9.90. The van der Waals surface area contributed by atoms with Crippen LogP contribution < -0.4 is 0 Å². The number of hydrogen-bond acceptors (Lipinski definition) is 2. The monoisotopic (exact) mass is 290 g/mol. The van der Waals surface area contributed by atoms with Crippen molar-refractivity contribution in [1.29, 1.82) is 0 Å². The van der Waals surface area contributed by atoms with Crippen LogP contribution in [0.4, 0.5) is 0 Å². The van der Waals surface area contributed by atoms with E-state index < -0.39 is 0 Å². The fourth-order valence-electron chi connectivity index (χ4n) is 3.41. The molecule has 2 atom stereocenters.